The van der Waals surface area contributed by atoms with Crippen molar-refractivity contribution in [2.75, 3.05) is 0 Å². The predicted octanol–water partition coefficient (Wildman–Crippen LogP) is 4.89. The molecule has 0 amide bonds. The molecule has 2 rings (SSSR count). The predicted molar refractivity (Wildman–Crippen MR) is 84.5 cm³/mol. The zero-order valence-corrected chi connectivity index (χ0v) is 13.1. The van der Waals surface area contributed by atoms with Crippen LogP contribution in [0, 0.1) is 0 Å². The summed E-state index contributed by atoms with van der Waals surface area (Å²) in [5.41, 5.74) is 6.12. The number of oxime groups is 1. The average molecular weight is 348 g/mol. The summed E-state index contributed by atoms with van der Waals surface area (Å²) in [5, 5.41) is 13.4. The second-order valence-electron chi connectivity index (χ2n) is 3.78. The number of hydrogen-bond donors (Lipinski definition) is 2. The first-order valence-electron chi connectivity index (χ1n) is 5.42. The van der Waals surface area contributed by atoms with E-state index < -0.39 is 0 Å². The van der Waals surface area contributed by atoms with Crippen LogP contribution in [0.25, 0.3) is 0 Å². The summed E-state index contributed by atoms with van der Waals surface area (Å²) in [4.78, 5) is 1.48. The van der Waals surface area contributed by atoms with Crippen LogP contribution in [0.3, 0.4) is 0 Å². The normalized spacial score (nSPS) is 11.7. The van der Waals surface area contributed by atoms with Crippen molar-refractivity contribution in [1.29, 1.82) is 0 Å². The van der Waals surface area contributed by atoms with Gasteiger partial charge in [-0.2, -0.15) is 0 Å². The Morgan fingerprint density at radius 1 is 1.05 bits per heavy atom. The van der Waals surface area contributed by atoms with Gasteiger partial charge in [-0.25, -0.2) is 0 Å². The molecule has 0 fully saturated rings. The third-order valence-corrected chi connectivity index (χ3v) is 4.56. The van der Waals surface area contributed by atoms with Crippen LogP contribution < -0.4 is 5.73 Å². The topological polar surface area (TPSA) is 58.6 Å². The number of amidine groups is 1. The van der Waals surface area contributed by atoms with E-state index in [1.807, 2.05) is 0 Å². The lowest BCUT2D eigenvalue weighted by Gasteiger charge is -2.11. The Hall–Kier alpha value is -1.07. The van der Waals surface area contributed by atoms with E-state index in [4.69, 9.17) is 45.7 Å². The molecule has 3 N–H and O–H groups in total. The van der Waals surface area contributed by atoms with E-state index in [1.54, 1.807) is 36.4 Å². The van der Waals surface area contributed by atoms with Crippen LogP contribution in [0.2, 0.25) is 15.1 Å². The Bertz CT molecular complexity index is 677. The maximum absolute atomic E-state index is 8.85. The maximum Gasteiger partial charge on any atom is 0.172 e. The molecule has 20 heavy (non-hydrogen) atoms. The molecule has 0 atom stereocenters. The van der Waals surface area contributed by atoms with Crippen LogP contribution in [0.15, 0.2) is 51.3 Å². The lowest BCUT2D eigenvalue weighted by atomic mass is 10.2. The lowest BCUT2D eigenvalue weighted by molar-refractivity contribution is 0.318. The summed E-state index contributed by atoms with van der Waals surface area (Å²) >= 11 is 19.5. The third kappa shape index (κ3) is 3.33. The molecule has 0 bridgehead atoms. The molecule has 2 aromatic rings. The van der Waals surface area contributed by atoms with Crippen molar-refractivity contribution in [3.63, 3.8) is 0 Å². The SMILES string of the molecule is NC(=NO)c1c(Cl)cccc1Sc1cc(Cl)ccc1Cl. The summed E-state index contributed by atoms with van der Waals surface area (Å²) in [5.74, 6) is -0.0590. The van der Waals surface area contributed by atoms with Gasteiger partial charge in [0.15, 0.2) is 5.84 Å². The second-order valence-corrected chi connectivity index (χ2v) is 6.11. The molecule has 7 heteroatoms. The maximum atomic E-state index is 8.85. The van der Waals surface area contributed by atoms with Gasteiger partial charge in [0.05, 0.1) is 15.6 Å². The van der Waals surface area contributed by atoms with Gasteiger partial charge in [-0.15, -0.1) is 0 Å². The molecule has 0 aliphatic heterocycles. The molecule has 0 unspecified atom stereocenters. The number of benzene rings is 2. The molecule has 0 spiro atoms. The van der Waals surface area contributed by atoms with E-state index in [-0.39, 0.29) is 5.84 Å². The van der Waals surface area contributed by atoms with Gasteiger partial charge in [0.1, 0.15) is 0 Å². The van der Waals surface area contributed by atoms with Crippen LogP contribution in [-0.2, 0) is 0 Å². The Labute approximate surface area is 135 Å². The van der Waals surface area contributed by atoms with Crippen molar-refractivity contribution in [2.45, 2.75) is 9.79 Å². The molecule has 0 aliphatic carbocycles. The second kappa shape index (κ2) is 6.59. The molecule has 2 aromatic carbocycles. The van der Waals surface area contributed by atoms with E-state index in [0.717, 1.165) is 9.79 Å². The van der Waals surface area contributed by atoms with Gasteiger partial charge in [0, 0.05) is 14.8 Å². The molecular formula is C13H9Cl3N2OS. The standard InChI is InChI=1S/C13H9Cl3N2OS/c14-7-4-5-8(15)11(6-7)20-10-3-1-2-9(16)12(10)13(17)18-19/h1-6,19H,(H2,17,18). The van der Waals surface area contributed by atoms with Gasteiger partial charge in [-0.05, 0) is 30.3 Å². The van der Waals surface area contributed by atoms with Crippen molar-refractivity contribution < 1.29 is 5.21 Å². The molecule has 0 aliphatic rings. The monoisotopic (exact) mass is 346 g/mol. The summed E-state index contributed by atoms with van der Waals surface area (Å²) < 4.78 is 0. The number of hydrogen-bond acceptors (Lipinski definition) is 3. The van der Waals surface area contributed by atoms with Crippen molar-refractivity contribution >= 4 is 52.4 Å². The largest absolute Gasteiger partial charge is 0.409 e. The van der Waals surface area contributed by atoms with Crippen LogP contribution >= 0.6 is 46.6 Å². The first-order chi connectivity index (χ1) is 9.52. The molecule has 104 valence electrons. The molecule has 0 saturated heterocycles. The van der Waals surface area contributed by atoms with Gasteiger partial charge in [-0.1, -0.05) is 57.8 Å². The van der Waals surface area contributed by atoms with E-state index in [2.05, 4.69) is 5.16 Å². The average Bonchev–Trinajstić information content (AvgIpc) is 2.42. The van der Waals surface area contributed by atoms with Crippen LogP contribution in [0.4, 0.5) is 0 Å². The fraction of sp³-hybridized carbons (Fsp3) is 0. The summed E-state index contributed by atoms with van der Waals surface area (Å²) in [6, 6.07) is 10.4. The summed E-state index contributed by atoms with van der Waals surface area (Å²) in [7, 11) is 0. The zero-order chi connectivity index (χ0) is 14.7. The van der Waals surface area contributed by atoms with E-state index >= 15 is 0 Å². The van der Waals surface area contributed by atoms with E-state index in [9.17, 15) is 0 Å². The Kier molecular flexibility index (Phi) is 5.05. The van der Waals surface area contributed by atoms with Crippen molar-refractivity contribution in [3.8, 4) is 0 Å². The van der Waals surface area contributed by atoms with Crippen molar-refractivity contribution in [1.82, 2.24) is 0 Å². The highest BCUT2D eigenvalue weighted by Crippen LogP contribution is 2.38. The third-order valence-electron chi connectivity index (χ3n) is 2.45. The van der Waals surface area contributed by atoms with Crippen molar-refractivity contribution in [2.24, 2.45) is 10.9 Å². The minimum atomic E-state index is -0.0590. The first kappa shape index (κ1) is 15.3. The minimum absolute atomic E-state index is 0.0590. The molecular weight excluding hydrogens is 339 g/mol. The van der Waals surface area contributed by atoms with E-state index in [0.29, 0.717) is 20.6 Å². The highest BCUT2D eigenvalue weighted by atomic mass is 35.5. The smallest absolute Gasteiger partial charge is 0.172 e. The van der Waals surface area contributed by atoms with Crippen LogP contribution in [-0.4, -0.2) is 11.0 Å². The first-order valence-corrected chi connectivity index (χ1v) is 7.37. The van der Waals surface area contributed by atoms with Crippen LogP contribution in [0.5, 0.6) is 0 Å². The molecule has 0 saturated carbocycles. The Morgan fingerprint density at radius 2 is 1.80 bits per heavy atom. The quantitative estimate of drug-likeness (QED) is 0.359. The Morgan fingerprint density at radius 3 is 2.50 bits per heavy atom. The van der Waals surface area contributed by atoms with Gasteiger partial charge in [-0.3, -0.25) is 0 Å². The number of halogens is 3. The minimum Gasteiger partial charge on any atom is -0.409 e. The van der Waals surface area contributed by atoms with E-state index in [1.165, 1.54) is 11.8 Å². The molecule has 0 heterocycles. The number of rotatable bonds is 3. The zero-order valence-electron chi connectivity index (χ0n) is 9.98. The van der Waals surface area contributed by atoms with Gasteiger partial charge >= 0.3 is 0 Å². The van der Waals surface area contributed by atoms with Gasteiger partial charge < -0.3 is 10.9 Å². The summed E-state index contributed by atoms with van der Waals surface area (Å²) in [6.07, 6.45) is 0. The number of nitrogens with zero attached hydrogens (tertiary/aromatic N) is 1. The number of nitrogens with two attached hydrogens (primary N) is 1. The Balaban J connectivity index is 2.49. The highest BCUT2D eigenvalue weighted by molar-refractivity contribution is 7.99. The molecule has 0 radical (unpaired) electrons. The molecule has 0 aromatic heterocycles. The van der Waals surface area contributed by atoms with Gasteiger partial charge in [0.2, 0.25) is 0 Å². The van der Waals surface area contributed by atoms with Gasteiger partial charge in [0.25, 0.3) is 0 Å². The fourth-order valence-corrected chi connectivity index (χ4v) is 3.41. The van der Waals surface area contributed by atoms with Crippen molar-refractivity contribution in [3.05, 3.63) is 57.0 Å². The van der Waals surface area contributed by atoms with Crippen LogP contribution in [0.1, 0.15) is 5.56 Å². The highest BCUT2D eigenvalue weighted by Gasteiger charge is 2.14. The lowest BCUT2D eigenvalue weighted by Crippen LogP contribution is -2.14. The summed E-state index contributed by atoms with van der Waals surface area (Å²) in [6.45, 7) is 0. The molecule has 3 nitrogen and oxygen atoms in total. The fourth-order valence-electron chi connectivity index (χ4n) is 1.56.